The lowest BCUT2D eigenvalue weighted by Crippen LogP contribution is -2.20. The fourth-order valence-corrected chi connectivity index (χ4v) is 3.16. The van der Waals surface area contributed by atoms with Crippen molar-refractivity contribution in [2.24, 2.45) is 5.73 Å². The Morgan fingerprint density at radius 3 is 2.63 bits per heavy atom. The summed E-state index contributed by atoms with van der Waals surface area (Å²) >= 11 is 3.49. The van der Waals surface area contributed by atoms with Crippen molar-refractivity contribution in [3.05, 3.63) is 58.1 Å². The summed E-state index contributed by atoms with van der Waals surface area (Å²) in [6.07, 6.45) is 1.03. The van der Waals surface area contributed by atoms with Gasteiger partial charge in [-0.15, -0.1) is 0 Å². The minimum atomic E-state index is 0.0897. The maximum Gasteiger partial charge on any atom is 0.126 e. The van der Waals surface area contributed by atoms with Crippen molar-refractivity contribution < 1.29 is 0 Å². The monoisotopic (exact) mass is 315 g/mol. The summed E-state index contributed by atoms with van der Waals surface area (Å²) < 4.78 is 0.863. The van der Waals surface area contributed by atoms with Crippen molar-refractivity contribution in [3.63, 3.8) is 0 Å². The quantitative estimate of drug-likeness (QED) is 0.659. The molecule has 19 heavy (non-hydrogen) atoms. The zero-order valence-corrected chi connectivity index (χ0v) is 11.9. The zero-order chi connectivity index (χ0) is 13.4. The molecule has 1 heterocycles. The molecule has 4 heteroatoms. The predicted octanol–water partition coefficient (Wildman–Crippen LogP) is 3.43. The van der Waals surface area contributed by atoms with Crippen molar-refractivity contribution in [1.29, 1.82) is 5.41 Å². The van der Waals surface area contributed by atoms with Crippen molar-refractivity contribution in [2.45, 2.75) is 6.42 Å². The molecule has 0 spiro atoms. The number of nitrogen functional groups attached to an aromatic ring is 1. The van der Waals surface area contributed by atoms with Gasteiger partial charge in [0.2, 0.25) is 0 Å². The minimum Gasteiger partial charge on any atom is -0.384 e. The van der Waals surface area contributed by atoms with Gasteiger partial charge in [-0.1, -0.05) is 24.3 Å². The third kappa shape index (κ3) is 2.02. The average Bonchev–Trinajstić information content (AvgIpc) is 2.81. The van der Waals surface area contributed by atoms with E-state index in [2.05, 4.69) is 39.0 Å². The van der Waals surface area contributed by atoms with Crippen LogP contribution in [0.2, 0.25) is 0 Å². The van der Waals surface area contributed by atoms with Crippen LogP contribution in [0, 0.1) is 5.41 Å². The Labute approximate surface area is 120 Å². The third-order valence-corrected chi connectivity index (χ3v) is 4.10. The molecular weight excluding hydrogens is 302 g/mol. The number of fused-ring (bicyclic) bond motifs is 1. The maximum absolute atomic E-state index is 7.79. The van der Waals surface area contributed by atoms with E-state index in [1.165, 1.54) is 11.3 Å². The molecule has 3 N–H and O–H groups in total. The Morgan fingerprint density at radius 1 is 1.11 bits per heavy atom. The molecule has 0 saturated heterocycles. The summed E-state index contributed by atoms with van der Waals surface area (Å²) in [4.78, 5) is 2.23. The van der Waals surface area contributed by atoms with Gasteiger partial charge in [0.15, 0.2) is 0 Å². The van der Waals surface area contributed by atoms with Crippen molar-refractivity contribution in [1.82, 2.24) is 0 Å². The Balaban J connectivity index is 2.15. The van der Waals surface area contributed by atoms with Gasteiger partial charge >= 0.3 is 0 Å². The topological polar surface area (TPSA) is 53.1 Å². The largest absolute Gasteiger partial charge is 0.384 e. The van der Waals surface area contributed by atoms with Gasteiger partial charge in [0.25, 0.3) is 0 Å². The fourth-order valence-electron chi connectivity index (χ4n) is 2.59. The van der Waals surface area contributed by atoms with Gasteiger partial charge in [-0.2, -0.15) is 0 Å². The highest BCUT2D eigenvalue weighted by atomic mass is 79.9. The van der Waals surface area contributed by atoms with Gasteiger partial charge in [0.1, 0.15) is 5.84 Å². The van der Waals surface area contributed by atoms with E-state index in [4.69, 9.17) is 11.1 Å². The van der Waals surface area contributed by atoms with Gasteiger partial charge in [-0.3, -0.25) is 5.41 Å². The van der Waals surface area contributed by atoms with Crippen LogP contribution in [0.25, 0.3) is 0 Å². The summed E-state index contributed by atoms with van der Waals surface area (Å²) in [6.45, 7) is 0.927. The Hall–Kier alpha value is -1.81. The first kappa shape index (κ1) is 12.2. The molecule has 0 fully saturated rings. The second-order valence-electron chi connectivity index (χ2n) is 4.58. The first-order valence-electron chi connectivity index (χ1n) is 6.17. The molecule has 2 aromatic rings. The zero-order valence-electron chi connectivity index (χ0n) is 10.4. The summed E-state index contributed by atoms with van der Waals surface area (Å²) in [5.74, 6) is 0.0897. The fraction of sp³-hybridized carbons (Fsp3) is 0.133. The highest BCUT2D eigenvalue weighted by Crippen LogP contribution is 2.37. The predicted molar refractivity (Wildman–Crippen MR) is 82.3 cm³/mol. The van der Waals surface area contributed by atoms with E-state index in [9.17, 15) is 0 Å². The molecule has 1 aliphatic rings. The van der Waals surface area contributed by atoms with E-state index in [1.54, 1.807) is 0 Å². The Morgan fingerprint density at radius 2 is 1.84 bits per heavy atom. The molecule has 3 rings (SSSR count). The van der Waals surface area contributed by atoms with Crippen LogP contribution in [0.15, 0.2) is 46.9 Å². The normalized spacial score (nSPS) is 13.4. The molecule has 0 unspecified atom stereocenters. The van der Waals surface area contributed by atoms with E-state index < -0.39 is 0 Å². The van der Waals surface area contributed by atoms with Crippen LogP contribution in [0.5, 0.6) is 0 Å². The lowest BCUT2D eigenvalue weighted by atomic mass is 10.1. The lowest BCUT2D eigenvalue weighted by molar-refractivity contribution is 0.996. The smallest absolute Gasteiger partial charge is 0.126 e. The van der Waals surface area contributed by atoms with E-state index >= 15 is 0 Å². The maximum atomic E-state index is 7.79. The van der Waals surface area contributed by atoms with Gasteiger partial charge < -0.3 is 10.6 Å². The lowest BCUT2D eigenvalue weighted by Gasteiger charge is -2.23. The van der Waals surface area contributed by atoms with E-state index in [0.717, 1.165) is 28.7 Å². The molecule has 1 aliphatic heterocycles. The molecule has 0 bridgehead atoms. The molecule has 0 saturated carbocycles. The summed E-state index contributed by atoms with van der Waals surface area (Å²) in [5.41, 5.74) is 10.0. The van der Waals surface area contributed by atoms with E-state index in [1.807, 2.05) is 24.3 Å². The molecule has 0 aromatic heterocycles. The number of rotatable bonds is 2. The van der Waals surface area contributed by atoms with Crippen molar-refractivity contribution in [2.75, 3.05) is 11.4 Å². The molecule has 2 aromatic carbocycles. The van der Waals surface area contributed by atoms with Crippen LogP contribution in [0.4, 0.5) is 11.4 Å². The number of halogens is 1. The molecular formula is C15H14BrN3. The highest BCUT2D eigenvalue weighted by Gasteiger charge is 2.23. The van der Waals surface area contributed by atoms with Crippen molar-refractivity contribution >= 4 is 33.1 Å². The number of hydrogen-bond acceptors (Lipinski definition) is 2. The number of nitrogens with two attached hydrogens (primary N) is 1. The third-order valence-electron chi connectivity index (χ3n) is 3.44. The standard InChI is InChI=1S/C15H14BrN3/c16-11-5-3-7-13(14(11)15(17)18)19-9-8-10-4-1-2-6-12(10)19/h1-7H,8-9H2,(H3,17,18). The van der Waals surface area contributed by atoms with Crippen LogP contribution in [0.3, 0.4) is 0 Å². The van der Waals surface area contributed by atoms with E-state index in [0.29, 0.717) is 0 Å². The number of para-hydroxylation sites is 1. The number of hydrogen-bond donors (Lipinski definition) is 2. The van der Waals surface area contributed by atoms with Crippen molar-refractivity contribution in [3.8, 4) is 0 Å². The number of anilines is 2. The van der Waals surface area contributed by atoms with Crippen LogP contribution in [-0.4, -0.2) is 12.4 Å². The van der Waals surface area contributed by atoms with Gasteiger partial charge in [-0.25, -0.2) is 0 Å². The second-order valence-corrected chi connectivity index (χ2v) is 5.43. The molecule has 0 radical (unpaired) electrons. The summed E-state index contributed by atoms with van der Waals surface area (Å²) in [5, 5.41) is 7.79. The number of benzene rings is 2. The molecule has 0 atom stereocenters. The van der Waals surface area contributed by atoms with Crippen LogP contribution >= 0.6 is 15.9 Å². The van der Waals surface area contributed by atoms with Crippen LogP contribution < -0.4 is 10.6 Å². The molecule has 96 valence electrons. The van der Waals surface area contributed by atoms with Gasteiger partial charge in [0.05, 0.1) is 11.3 Å². The van der Waals surface area contributed by atoms with Crippen LogP contribution in [0.1, 0.15) is 11.1 Å². The number of nitrogens with zero attached hydrogens (tertiary/aromatic N) is 1. The first-order chi connectivity index (χ1) is 9.18. The SMILES string of the molecule is N=C(N)c1c(Br)cccc1N1CCc2ccccc21. The molecule has 0 amide bonds. The van der Waals surface area contributed by atoms with E-state index in [-0.39, 0.29) is 5.84 Å². The van der Waals surface area contributed by atoms with Gasteiger partial charge in [0, 0.05) is 16.7 Å². The summed E-state index contributed by atoms with van der Waals surface area (Å²) in [7, 11) is 0. The summed E-state index contributed by atoms with van der Waals surface area (Å²) in [6, 6.07) is 14.3. The number of nitrogens with one attached hydrogen (secondary N) is 1. The highest BCUT2D eigenvalue weighted by molar-refractivity contribution is 9.10. The number of amidine groups is 1. The second kappa shape index (κ2) is 4.70. The van der Waals surface area contributed by atoms with Crippen LogP contribution in [-0.2, 0) is 6.42 Å². The van der Waals surface area contributed by atoms with Gasteiger partial charge in [-0.05, 0) is 46.1 Å². The molecule has 3 nitrogen and oxygen atoms in total. The first-order valence-corrected chi connectivity index (χ1v) is 6.96. The Kier molecular flexibility index (Phi) is 3.03. The molecule has 0 aliphatic carbocycles. The average molecular weight is 316 g/mol. The Bertz CT molecular complexity index is 652. The minimum absolute atomic E-state index is 0.0897.